The molecule has 1 rings (SSSR count). The maximum Gasteiger partial charge on any atom is 0.277 e. The molecular weight excluding hydrogens is 150 g/mol. The molecule has 0 saturated heterocycles. The SMILES string of the molecule is NCc1cnc(C(N)=O)s1. The summed E-state index contributed by atoms with van der Waals surface area (Å²) in [5.74, 6) is -0.496. The second kappa shape index (κ2) is 2.76. The van der Waals surface area contributed by atoms with Gasteiger partial charge in [0.1, 0.15) is 0 Å². The van der Waals surface area contributed by atoms with Crippen LogP contribution in [0.4, 0.5) is 0 Å². The number of primary amides is 1. The number of rotatable bonds is 2. The van der Waals surface area contributed by atoms with Gasteiger partial charge in [-0.25, -0.2) is 4.98 Å². The van der Waals surface area contributed by atoms with E-state index in [2.05, 4.69) is 4.98 Å². The molecule has 0 atom stereocenters. The van der Waals surface area contributed by atoms with E-state index in [0.717, 1.165) is 4.88 Å². The summed E-state index contributed by atoms with van der Waals surface area (Å²) in [4.78, 5) is 15.1. The molecule has 1 aromatic heterocycles. The zero-order valence-electron chi connectivity index (χ0n) is 5.20. The minimum Gasteiger partial charge on any atom is -0.364 e. The van der Waals surface area contributed by atoms with Gasteiger partial charge in [-0.15, -0.1) is 11.3 Å². The molecule has 0 fully saturated rings. The first kappa shape index (κ1) is 7.17. The maximum absolute atomic E-state index is 10.5. The number of aromatic nitrogens is 1. The Labute approximate surface area is 61.9 Å². The lowest BCUT2D eigenvalue weighted by atomic mass is 10.6. The van der Waals surface area contributed by atoms with Gasteiger partial charge in [0.15, 0.2) is 5.01 Å². The number of carbonyl (C=O) groups is 1. The standard InChI is InChI=1S/C5H7N3OS/c6-1-3-2-8-5(10-3)4(7)9/h2H,1,6H2,(H2,7,9). The first-order valence-corrected chi connectivity index (χ1v) is 3.50. The molecule has 1 aromatic rings. The zero-order valence-corrected chi connectivity index (χ0v) is 6.02. The highest BCUT2D eigenvalue weighted by Gasteiger charge is 2.04. The van der Waals surface area contributed by atoms with Crippen LogP contribution in [0.2, 0.25) is 0 Å². The van der Waals surface area contributed by atoms with Crippen molar-refractivity contribution in [2.24, 2.45) is 11.5 Å². The zero-order chi connectivity index (χ0) is 7.56. The molecule has 0 saturated carbocycles. The molecule has 0 aliphatic heterocycles. The van der Waals surface area contributed by atoms with Crippen LogP contribution in [0.25, 0.3) is 0 Å². The van der Waals surface area contributed by atoms with Crippen LogP contribution in [0.5, 0.6) is 0 Å². The van der Waals surface area contributed by atoms with E-state index in [9.17, 15) is 4.79 Å². The number of nitrogens with zero attached hydrogens (tertiary/aromatic N) is 1. The molecule has 0 aromatic carbocycles. The predicted molar refractivity (Wildman–Crippen MR) is 38.5 cm³/mol. The summed E-state index contributed by atoms with van der Waals surface area (Å²) >= 11 is 1.23. The lowest BCUT2D eigenvalue weighted by Gasteiger charge is -1.82. The van der Waals surface area contributed by atoms with Crippen molar-refractivity contribution in [3.05, 3.63) is 16.1 Å². The molecule has 5 heteroatoms. The van der Waals surface area contributed by atoms with E-state index in [0.29, 0.717) is 11.6 Å². The summed E-state index contributed by atoms with van der Waals surface area (Å²) in [6, 6.07) is 0. The van der Waals surface area contributed by atoms with E-state index >= 15 is 0 Å². The predicted octanol–water partition coefficient (Wildman–Crippen LogP) is -0.299. The summed E-state index contributed by atoms with van der Waals surface area (Å²) in [5, 5.41) is 0.320. The lowest BCUT2D eigenvalue weighted by Crippen LogP contribution is -2.09. The molecule has 0 bridgehead atoms. The van der Waals surface area contributed by atoms with Crippen molar-refractivity contribution in [2.45, 2.75) is 6.54 Å². The fourth-order valence-electron chi connectivity index (χ4n) is 0.516. The highest BCUT2D eigenvalue weighted by molar-refractivity contribution is 7.13. The molecule has 0 radical (unpaired) electrons. The van der Waals surface area contributed by atoms with Gasteiger partial charge in [0.2, 0.25) is 0 Å². The van der Waals surface area contributed by atoms with Crippen LogP contribution in [0.1, 0.15) is 14.7 Å². The summed E-state index contributed by atoms with van der Waals surface area (Å²) in [5.41, 5.74) is 10.2. The van der Waals surface area contributed by atoms with Crippen LogP contribution in [0, 0.1) is 0 Å². The van der Waals surface area contributed by atoms with Gasteiger partial charge >= 0.3 is 0 Å². The van der Waals surface area contributed by atoms with Crippen LogP contribution in [0.15, 0.2) is 6.20 Å². The van der Waals surface area contributed by atoms with Crippen molar-refractivity contribution >= 4 is 17.2 Å². The summed E-state index contributed by atoms with van der Waals surface area (Å²) in [7, 11) is 0. The fourth-order valence-corrected chi connectivity index (χ4v) is 1.16. The molecule has 4 nitrogen and oxygen atoms in total. The quantitative estimate of drug-likeness (QED) is 0.618. The van der Waals surface area contributed by atoms with Crippen LogP contribution in [-0.4, -0.2) is 10.9 Å². The van der Waals surface area contributed by atoms with E-state index < -0.39 is 5.91 Å². The Morgan fingerprint density at radius 1 is 1.80 bits per heavy atom. The molecule has 0 spiro atoms. The molecule has 0 aliphatic rings. The van der Waals surface area contributed by atoms with Crippen LogP contribution in [0.3, 0.4) is 0 Å². The average Bonchev–Trinajstić information content (AvgIpc) is 2.34. The van der Waals surface area contributed by atoms with Crippen LogP contribution in [-0.2, 0) is 6.54 Å². The Balaban J connectivity index is 2.88. The number of carbonyl (C=O) groups excluding carboxylic acids is 1. The minimum atomic E-state index is -0.496. The number of hydrogen-bond donors (Lipinski definition) is 2. The summed E-state index contributed by atoms with van der Waals surface area (Å²) < 4.78 is 0. The van der Waals surface area contributed by atoms with Gasteiger partial charge in [0.25, 0.3) is 5.91 Å². The normalized spacial score (nSPS) is 9.70. The Morgan fingerprint density at radius 2 is 2.50 bits per heavy atom. The second-order valence-electron chi connectivity index (χ2n) is 1.70. The van der Waals surface area contributed by atoms with Gasteiger partial charge in [0.05, 0.1) is 0 Å². The number of thiazole rings is 1. The van der Waals surface area contributed by atoms with Crippen LogP contribution < -0.4 is 11.5 Å². The van der Waals surface area contributed by atoms with Gasteiger partial charge in [-0.05, 0) is 0 Å². The molecule has 10 heavy (non-hydrogen) atoms. The van der Waals surface area contributed by atoms with E-state index in [1.807, 2.05) is 0 Å². The third-order valence-corrected chi connectivity index (χ3v) is 2.00. The fraction of sp³-hybridized carbons (Fsp3) is 0.200. The summed E-state index contributed by atoms with van der Waals surface area (Å²) in [6.07, 6.45) is 1.56. The third-order valence-electron chi connectivity index (χ3n) is 0.966. The van der Waals surface area contributed by atoms with Crippen molar-refractivity contribution in [3.63, 3.8) is 0 Å². The van der Waals surface area contributed by atoms with E-state index in [1.54, 1.807) is 6.20 Å². The second-order valence-corrected chi connectivity index (χ2v) is 2.82. The Morgan fingerprint density at radius 3 is 2.80 bits per heavy atom. The summed E-state index contributed by atoms with van der Waals surface area (Å²) in [6.45, 7) is 0.408. The van der Waals surface area contributed by atoms with Crippen molar-refractivity contribution < 1.29 is 4.79 Å². The Bertz CT molecular complexity index is 245. The number of nitrogens with two attached hydrogens (primary N) is 2. The first-order valence-electron chi connectivity index (χ1n) is 2.68. The van der Waals surface area contributed by atoms with E-state index in [4.69, 9.17) is 11.5 Å². The van der Waals surface area contributed by atoms with Crippen molar-refractivity contribution in [3.8, 4) is 0 Å². The molecule has 0 aliphatic carbocycles. The molecule has 54 valence electrons. The number of amides is 1. The maximum atomic E-state index is 10.5. The van der Waals surface area contributed by atoms with Crippen molar-refractivity contribution in [1.82, 2.24) is 4.98 Å². The van der Waals surface area contributed by atoms with Gasteiger partial charge in [-0.3, -0.25) is 4.79 Å². The monoisotopic (exact) mass is 157 g/mol. The smallest absolute Gasteiger partial charge is 0.277 e. The third kappa shape index (κ3) is 1.31. The lowest BCUT2D eigenvalue weighted by molar-refractivity contribution is 0.1000. The first-order chi connectivity index (χ1) is 4.74. The molecule has 1 amide bonds. The van der Waals surface area contributed by atoms with Gasteiger partial charge in [0, 0.05) is 17.6 Å². The van der Waals surface area contributed by atoms with E-state index in [1.165, 1.54) is 11.3 Å². The topological polar surface area (TPSA) is 82.0 Å². The van der Waals surface area contributed by atoms with Gasteiger partial charge in [-0.1, -0.05) is 0 Å². The molecule has 0 unspecified atom stereocenters. The molecular formula is C5H7N3OS. The Hall–Kier alpha value is -0.940. The molecule has 1 heterocycles. The van der Waals surface area contributed by atoms with Crippen molar-refractivity contribution in [2.75, 3.05) is 0 Å². The van der Waals surface area contributed by atoms with E-state index in [-0.39, 0.29) is 0 Å². The van der Waals surface area contributed by atoms with Gasteiger partial charge in [-0.2, -0.15) is 0 Å². The minimum absolute atomic E-state index is 0.320. The average molecular weight is 157 g/mol. The highest BCUT2D eigenvalue weighted by atomic mass is 32.1. The molecule has 4 N–H and O–H groups in total. The highest BCUT2D eigenvalue weighted by Crippen LogP contribution is 2.10. The van der Waals surface area contributed by atoms with Crippen molar-refractivity contribution in [1.29, 1.82) is 0 Å². The van der Waals surface area contributed by atoms with Gasteiger partial charge < -0.3 is 11.5 Å². The Kier molecular flexibility index (Phi) is 1.98. The number of hydrogen-bond acceptors (Lipinski definition) is 4. The van der Waals surface area contributed by atoms with Crippen LogP contribution >= 0.6 is 11.3 Å². The largest absolute Gasteiger partial charge is 0.364 e.